The Morgan fingerprint density at radius 1 is 1.20 bits per heavy atom. The molecule has 0 fully saturated rings. The second-order valence-electron chi connectivity index (χ2n) is 4.85. The van der Waals surface area contributed by atoms with Crippen molar-refractivity contribution in [1.29, 1.82) is 0 Å². The lowest BCUT2D eigenvalue weighted by Crippen LogP contribution is -2.16. The molecule has 104 valence electrons. The Bertz CT molecular complexity index is 710. The van der Waals surface area contributed by atoms with Gasteiger partial charge in [0.15, 0.2) is 0 Å². The molecule has 0 saturated carbocycles. The maximum atomic E-state index is 4.62. The van der Waals surface area contributed by atoms with Crippen molar-refractivity contribution < 1.29 is 0 Å². The smallest absolute Gasteiger partial charge is 0.0918 e. The van der Waals surface area contributed by atoms with E-state index in [-0.39, 0.29) is 0 Å². The molecule has 5 nitrogen and oxygen atoms in total. The monoisotopic (exact) mass is 269 g/mol. The normalized spacial score (nSPS) is 11.3. The van der Waals surface area contributed by atoms with Crippen LogP contribution in [0.1, 0.15) is 18.3 Å². The number of aryl methyl sites for hydroxylation is 1. The SMILES string of the molecule is CCNCc1ccnn1Cc1nn(C)c2ccccc12. The lowest BCUT2D eigenvalue weighted by Gasteiger charge is -2.06. The predicted molar refractivity (Wildman–Crippen MR) is 79.4 cm³/mol. The average molecular weight is 269 g/mol. The summed E-state index contributed by atoms with van der Waals surface area (Å²) >= 11 is 0. The first kappa shape index (κ1) is 12.9. The van der Waals surface area contributed by atoms with Crippen LogP contribution in [-0.2, 0) is 20.1 Å². The van der Waals surface area contributed by atoms with Gasteiger partial charge < -0.3 is 5.32 Å². The molecule has 0 amide bonds. The molecule has 0 aliphatic carbocycles. The molecule has 1 aromatic carbocycles. The van der Waals surface area contributed by atoms with Crippen LogP contribution in [0.4, 0.5) is 0 Å². The van der Waals surface area contributed by atoms with Crippen molar-refractivity contribution in [2.24, 2.45) is 7.05 Å². The molecule has 0 spiro atoms. The van der Waals surface area contributed by atoms with Gasteiger partial charge in [-0.2, -0.15) is 10.2 Å². The highest BCUT2D eigenvalue weighted by Crippen LogP contribution is 2.18. The number of nitrogens with zero attached hydrogens (tertiary/aromatic N) is 4. The summed E-state index contributed by atoms with van der Waals surface area (Å²) in [7, 11) is 1.98. The number of para-hydroxylation sites is 1. The Hall–Kier alpha value is -2.14. The molecule has 2 aromatic heterocycles. The van der Waals surface area contributed by atoms with E-state index in [2.05, 4.69) is 40.6 Å². The fourth-order valence-corrected chi connectivity index (χ4v) is 2.45. The fraction of sp³-hybridized carbons (Fsp3) is 0.333. The number of nitrogens with one attached hydrogen (secondary N) is 1. The summed E-state index contributed by atoms with van der Waals surface area (Å²) in [4.78, 5) is 0. The van der Waals surface area contributed by atoms with E-state index in [9.17, 15) is 0 Å². The van der Waals surface area contributed by atoms with Crippen molar-refractivity contribution in [2.45, 2.75) is 20.0 Å². The molecule has 5 heteroatoms. The lowest BCUT2D eigenvalue weighted by molar-refractivity contribution is 0.594. The molecule has 2 heterocycles. The van der Waals surface area contributed by atoms with Crippen molar-refractivity contribution in [2.75, 3.05) is 6.54 Å². The van der Waals surface area contributed by atoms with Crippen molar-refractivity contribution >= 4 is 10.9 Å². The third-order valence-electron chi connectivity index (χ3n) is 3.49. The zero-order valence-electron chi connectivity index (χ0n) is 11.9. The molecule has 1 N–H and O–H groups in total. The Morgan fingerprint density at radius 3 is 2.90 bits per heavy atom. The minimum absolute atomic E-state index is 0.703. The number of aromatic nitrogens is 4. The van der Waals surface area contributed by atoms with Crippen LogP contribution in [0.25, 0.3) is 10.9 Å². The largest absolute Gasteiger partial charge is 0.311 e. The molecular formula is C15H19N5. The van der Waals surface area contributed by atoms with E-state index in [1.54, 1.807) is 0 Å². The van der Waals surface area contributed by atoms with E-state index in [4.69, 9.17) is 0 Å². The fourth-order valence-electron chi connectivity index (χ4n) is 2.45. The minimum Gasteiger partial charge on any atom is -0.311 e. The van der Waals surface area contributed by atoms with Gasteiger partial charge in [-0.15, -0.1) is 0 Å². The molecule has 20 heavy (non-hydrogen) atoms. The number of rotatable bonds is 5. The Balaban J connectivity index is 1.92. The van der Waals surface area contributed by atoms with Crippen molar-refractivity contribution in [1.82, 2.24) is 24.9 Å². The van der Waals surface area contributed by atoms with Crippen LogP contribution in [0.15, 0.2) is 36.5 Å². The van der Waals surface area contributed by atoms with Gasteiger partial charge in [0.1, 0.15) is 0 Å². The van der Waals surface area contributed by atoms with E-state index in [0.717, 1.165) is 24.3 Å². The van der Waals surface area contributed by atoms with Crippen LogP contribution in [0, 0.1) is 0 Å². The number of fused-ring (bicyclic) bond motifs is 1. The maximum absolute atomic E-state index is 4.62. The van der Waals surface area contributed by atoms with Gasteiger partial charge in [0.2, 0.25) is 0 Å². The van der Waals surface area contributed by atoms with E-state index in [1.165, 1.54) is 11.1 Å². The standard InChI is InChI=1S/C15H19N5/c1-3-16-10-12-8-9-17-20(12)11-14-13-6-4-5-7-15(13)19(2)18-14/h4-9,16H,3,10-11H2,1-2H3. The molecule has 0 radical (unpaired) electrons. The summed E-state index contributed by atoms with van der Waals surface area (Å²) in [6.07, 6.45) is 1.85. The third kappa shape index (κ3) is 2.32. The predicted octanol–water partition coefficient (Wildman–Crippen LogP) is 1.93. The van der Waals surface area contributed by atoms with Gasteiger partial charge in [-0.25, -0.2) is 0 Å². The number of hydrogen-bond donors (Lipinski definition) is 1. The summed E-state index contributed by atoms with van der Waals surface area (Å²) in [6, 6.07) is 10.3. The van der Waals surface area contributed by atoms with E-state index < -0.39 is 0 Å². The molecule has 0 bridgehead atoms. The van der Waals surface area contributed by atoms with Crippen LogP contribution >= 0.6 is 0 Å². The molecule has 0 aliphatic rings. The quantitative estimate of drug-likeness (QED) is 0.770. The summed E-state index contributed by atoms with van der Waals surface area (Å²) in [5, 5.41) is 13.6. The van der Waals surface area contributed by atoms with Gasteiger partial charge in [0.25, 0.3) is 0 Å². The van der Waals surface area contributed by atoms with Crippen LogP contribution in [0.2, 0.25) is 0 Å². The van der Waals surface area contributed by atoms with Gasteiger partial charge in [-0.1, -0.05) is 25.1 Å². The van der Waals surface area contributed by atoms with Gasteiger partial charge in [0.05, 0.1) is 23.4 Å². The first-order valence-electron chi connectivity index (χ1n) is 6.91. The highest BCUT2D eigenvalue weighted by Gasteiger charge is 2.10. The number of hydrogen-bond acceptors (Lipinski definition) is 3. The van der Waals surface area contributed by atoms with Gasteiger partial charge >= 0.3 is 0 Å². The molecule has 0 aliphatic heterocycles. The minimum atomic E-state index is 0.703. The van der Waals surface area contributed by atoms with Crippen LogP contribution in [0.3, 0.4) is 0 Å². The van der Waals surface area contributed by atoms with E-state index >= 15 is 0 Å². The maximum Gasteiger partial charge on any atom is 0.0918 e. The highest BCUT2D eigenvalue weighted by atomic mass is 15.3. The topological polar surface area (TPSA) is 47.7 Å². The van der Waals surface area contributed by atoms with E-state index in [0.29, 0.717) is 6.54 Å². The van der Waals surface area contributed by atoms with Crippen LogP contribution in [0.5, 0.6) is 0 Å². The summed E-state index contributed by atoms with van der Waals surface area (Å²) in [5.74, 6) is 0. The van der Waals surface area contributed by atoms with Crippen molar-refractivity contribution in [3.05, 3.63) is 47.9 Å². The zero-order chi connectivity index (χ0) is 13.9. The van der Waals surface area contributed by atoms with Gasteiger partial charge in [-0.3, -0.25) is 9.36 Å². The Kier molecular flexibility index (Phi) is 3.52. The van der Waals surface area contributed by atoms with Crippen LogP contribution < -0.4 is 5.32 Å². The molecule has 0 saturated heterocycles. The summed E-state index contributed by atoms with van der Waals surface area (Å²) < 4.78 is 3.94. The second kappa shape index (κ2) is 5.46. The van der Waals surface area contributed by atoms with Crippen LogP contribution in [-0.4, -0.2) is 26.1 Å². The summed E-state index contributed by atoms with van der Waals surface area (Å²) in [5.41, 5.74) is 3.40. The molecule has 0 atom stereocenters. The van der Waals surface area contributed by atoms with Gasteiger partial charge in [0, 0.05) is 25.2 Å². The first-order valence-corrected chi connectivity index (χ1v) is 6.91. The van der Waals surface area contributed by atoms with Crippen molar-refractivity contribution in [3.63, 3.8) is 0 Å². The highest BCUT2D eigenvalue weighted by molar-refractivity contribution is 5.81. The van der Waals surface area contributed by atoms with Gasteiger partial charge in [-0.05, 0) is 18.7 Å². The lowest BCUT2D eigenvalue weighted by atomic mass is 10.2. The Labute approximate surface area is 118 Å². The summed E-state index contributed by atoms with van der Waals surface area (Å²) in [6.45, 7) is 4.60. The molecule has 3 rings (SSSR count). The molecule has 0 unspecified atom stereocenters. The average Bonchev–Trinajstić information content (AvgIpc) is 3.03. The molecule has 3 aromatic rings. The van der Waals surface area contributed by atoms with Crippen molar-refractivity contribution in [3.8, 4) is 0 Å². The molecular weight excluding hydrogens is 250 g/mol. The first-order chi connectivity index (χ1) is 9.79. The Morgan fingerprint density at radius 2 is 2.05 bits per heavy atom. The zero-order valence-corrected chi connectivity index (χ0v) is 11.9. The number of benzene rings is 1. The second-order valence-corrected chi connectivity index (χ2v) is 4.85. The third-order valence-corrected chi connectivity index (χ3v) is 3.49. The van der Waals surface area contributed by atoms with E-state index in [1.807, 2.05) is 34.7 Å².